The average molecular weight is 512 g/mol. The minimum absolute atomic E-state index is 0.0835. The molecule has 2 atom stereocenters. The molecule has 0 saturated carbocycles. The van der Waals surface area contributed by atoms with Crippen LogP contribution in [0.15, 0.2) is 95.9 Å². The van der Waals surface area contributed by atoms with Crippen LogP contribution in [0.25, 0.3) is 10.8 Å². The van der Waals surface area contributed by atoms with Crippen molar-refractivity contribution in [2.24, 2.45) is 0 Å². The number of nitriles is 1. The maximum absolute atomic E-state index is 13.4. The molecule has 0 radical (unpaired) electrons. The number of hydrogen-bond donors (Lipinski definition) is 2. The summed E-state index contributed by atoms with van der Waals surface area (Å²) < 4.78 is 35.2. The van der Waals surface area contributed by atoms with E-state index in [-0.39, 0.29) is 23.3 Å². The largest absolute Gasteiger partial charge is 0.493 e. The van der Waals surface area contributed by atoms with Gasteiger partial charge in [0.25, 0.3) is 0 Å². The number of rotatable bonds is 7. The third-order valence-electron chi connectivity index (χ3n) is 6.44. The van der Waals surface area contributed by atoms with Gasteiger partial charge in [0, 0.05) is 18.4 Å². The smallest absolute Gasteiger partial charge is 0.241 e. The lowest BCUT2D eigenvalue weighted by Gasteiger charge is -2.27. The van der Waals surface area contributed by atoms with Crippen LogP contribution in [0.5, 0.6) is 5.75 Å². The van der Waals surface area contributed by atoms with Crippen molar-refractivity contribution in [3.05, 3.63) is 108 Å². The number of amides is 1. The first-order chi connectivity index (χ1) is 17.9. The average Bonchev–Trinajstić information content (AvgIpc) is 2.92. The van der Waals surface area contributed by atoms with Crippen molar-refractivity contribution in [3.63, 3.8) is 0 Å². The van der Waals surface area contributed by atoms with E-state index in [9.17, 15) is 13.2 Å². The highest BCUT2D eigenvalue weighted by atomic mass is 32.2. The van der Waals surface area contributed by atoms with Crippen LogP contribution in [0.1, 0.15) is 41.6 Å². The summed E-state index contributed by atoms with van der Waals surface area (Å²) >= 11 is 0. The van der Waals surface area contributed by atoms with Crippen LogP contribution >= 0.6 is 0 Å². The Morgan fingerprint density at radius 3 is 2.51 bits per heavy atom. The Balaban J connectivity index is 1.37. The van der Waals surface area contributed by atoms with E-state index in [0.717, 1.165) is 16.3 Å². The maximum atomic E-state index is 13.4. The summed E-state index contributed by atoms with van der Waals surface area (Å²) in [6, 6.07) is 27.8. The van der Waals surface area contributed by atoms with Crippen molar-refractivity contribution < 1.29 is 17.9 Å². The van der Waals surface area contributed by atoms with Crippen molar-refractivity contribution in [2.75, 3.05) is 6.61 Å². The normalized spacial score (nSPS) is 15.7. The van der Waals surface area contributed by atoms with Crippen LogP contribution < -0.4 is 14.8 Å². The summed E-state index contributed by atoms with van der Waals surface area (Å²) in [6.07, 6.45) is 0.489. The SMILES string of the molecule is N#Cc1ccc2c(c1)OCC[C@H]2NC(=O)CC(NS(=O)(=O)c1ccc2ccccc2c1)c1ccccc1. The molecule has 4 aromatic carbocycles. The number of benzene rings is 4. The topological polar surface area (TPSA) is 108 Å². The zero-order chi connectivity index (χ0) is 25.8. The van der Waals surface area contributed by atoms with E-state index in [0.29, 0.717) is 29.9 Å². The quantitative estimate of drug-likeness (QED) is 0.372. The van der Waals surface area contributed by atoms with Gasteiger partial charge in [0.05, 0.1) is 35.2 Å². The molecule has 0 spiro atoms. The van der Waals surface area contributed by atoms with Crippen LogP contribution in [-0.4, -0.2) is 20.9 Å². The van der Waals surface area contributed by atoms with Crippen molar-refractivity contribution in [3.8, 4) is 11.8 Å². The minimum atomic E-state index is -3.91. The molecule has 8 heteroatoms. The number of fused-ring (bicyclic) bond motifs is 2. The van der Waals surface area contributed by atoms with Gasteiger partial charge in [-0.15, -0.1) is 0 Å². The lowest BCUT2D eigenvalue weighted by molar-refractivity contribution is -0.122. The lowest BCUT2D eigenvalue weighted by Crippen LogP contribution is -2.36. The van der Waals surface area contributed by atoms with Gasteiger partial charge < -0.3 is 10.1 Å². The van der Waals surface area contributed by atoms with E-state index < -0.39 is 16.1 Å². The van der Waals surface area contributed by atoms with Crippen molar-refractivity contribution in [2.45, 2.75) is 29.8 Å². The van der Waals surface area contributed by atoms with Gasteiger partial charge in [-0.2, -0.15) is 5.26 Å². The number of carbonyl (C=O) groups excluding carboxylic acids is 1. The zero-order valence-corrected chi connectivity index (χ0v) is 20.7. The lowest BCUT2D eigenvalue weighted by atomic mass is 9.98. The molecule has 0 aliphatic carbocycles. The third kappa shape index (κ3) is 5.48. The van der Waals surface area contributed by atoms with Crippen LogP contribution in [0.2, 0.25) is 0 Å². The van der Waals surface area contributed by atoms with E-state index >= 15 is 0 Å². The Labute approximate surface area is 215 Å². The highest BCUT2D eigenvalue weighted by molar-refractivity contribution is 7.89. The van der Waals surface area contributed by atoms with Crippen molar-refractivity contribution in [1.29, 1.82) is 5.26 Å². The molecular formula is C29H25N3O4S. The van der Waals surface area contributed by atoms with Gasteiger partial charge in [-0.3, -0.25) is 4.79 Å². The van der Waals surface area contributed by atoms with Gasteiger partial charge in [-0.05, 0) is 40.6 Å². The monoisotopic (exact) mass is 511 g/mol. The molecule has 0 saturated heterocycles. The first-order valence-corrected chi connectivity index (χ1v) is 13.4. The molecule has 1 unspecified atom stereocenters. The summed E-state index contributed by atoms with van der Waals surface area (Å²) in [6.45, 7) is 0.406. The van der Waals surface area contributed by atoms with E-state index in [1.54, 1.807) is 48.5 Å². The van der Waals surface area contributed by atoms with Crippen molar-refractivity contribution >= 4 is 26.7 Å². The fraction of sp³-hybridized carbons (Fsp3) is 0.172. The number of hydrogen-bond acceptors (Lipinski definition) is 5. The zero-order valence-electron chi connectivity index (χ0n) is 19.9. The second kappa shape index (κ2) is 10.4. The Morgan fingerprint density at radius 2 is 1.73 bits per heavy atom. The van der Waals surface area contributed by atoms with Gasteiger partial charge in [0.15, 0.2) is 0 Å². The number of sulfonamides is 1. The maximum Gasteiger partial charge on any atom is 0.241 e. The molecule has 186 valence electrons. The number of ether oxygens (including phenoxy) is 1. The van der Waals surface area contributed by atoms with Gasteiger partial charge >= 0.3 is 0 Å². The molecule has 4 aromatic rings. The Hall–Kier alpha value is -4.19. The molecule has 0 fully saturated rings. The Morgan fingerprint density at radius 1 is 0.973 bits per heavy atom. The first kappa shape index (κ1) is 24.5. The van der Waals surface area contributed by atoms with E-state index in [1.807, 2.05) is 42.5 Å². The van der Waals surface area contributed by atoms with E-state index in [2.05, 4.69) is 16.1 Å². The standard InChI is InChI=1S/C29H25N3O4S/c30-19-20-10-13-25-26(14-15-36-28(25)16-20)31-29(33)18-27(22-7-2-1-3-8-22)32-37(34,35)24-12-11-21-6-4-5-9-23(21)17-24/h1-13,16-17,26-27,32H,14-15,18H2,(H,31,33)/t26-,27?/m1/s1. The molecule has 1 aliphatic heterocycles. The molecule has 0 bridgehead atoms. The fourth-order valence-electron chi connectivity index (χ4n) is 4.55. The van der Waals surface area contributed by atoms with Crippen LogP contribution in [0.4, 0.5) is 0 Å². The molecule has 37 heavy (non-hydrogen) atoms. The molecule has 0 aromatic heterocycles. The van der Waals surface area contributed by atoms with Crippen LogP contribution in [0.3, 0.4) is 0 Å². The van der Waals surface area contributed by atoms with E-state index in [1.165, 1.54) is 0 Å². The van der Waals surface area contributed by atoms with Gasteiger partial charge in [-0.25, -0.2) is 13.1 Å². The number of nitrogens with one attached hydrogen (secondary N) is 2. The van der Waals surface area contributed by atoms with Gasteiger partial charge in [0.2, 0.25) is 15.9 Å². The molecular weight excluding hydrogens is 486 g/mol. The summed E-state index contributed by atoms with van der Waals surface area (Å²) in [5.41, 5.74) is 1.97. The second-order valence-electron chi connectivity index (χ2n) is 8.92. The molecule has 1 amide bonds. The minimum Gasteiger partial charge on any atom is -0.493 e. The summed E-state index contributed by atoms with van der Waals surface area (Å²) in [5.74, 6) is 0.282. The van der Waals surface area contributed by atoms with Gasteiger partial charge in [-0.1, -0.05) is 66.7 Å². The number of carbonyl (C=O) groups is 1. The molecule has 1 heterocycles. The third-order valence-corrected chi connectivity index (χ3v) is 7.91. The summed E-state index contributed by atoms with van der Waals surface area (Å²) in [4.78, 5) is 13.3. The Kier molecular flexibility index (Phi) is 6.91. The highest BCUT2D eigenvalue weighted by Gasteiger charge is 2.27. The summed E-state index contributed by atoms with van der Waals surface area (Å²) in [7, 11) is -3.91. The summed E-state index contributed by atoms with van der Waals surface area (Å²) in [5, 5.41) is 13.9. The molecule has 5 rings (SSSR count). The highest BCUT2D eigenvalue weighted by Crippen LogP contribution is 2.33. The van der Waals surface area contributed by atoms with Gasteiger partial charge in [0.1, 0.15) is 5.75 Å². The molecule has 7 nitrogen and oxygen atoms in total. The molecule has 2 N–H and O–H groups in total. The fourth-order valence-corrected chi connectivity index (χ4v) is 5.81. The predicted octanol–water partition coefficient (Wildman–Crippen LogP) is 4.76. The van der Waals surface area contributed by atoms with E-state index in [4.69, 9.17) is 10.00 Å². The van der Waals surface area contributed by atoms with Crippen molar-refractivity contribution in [1.82, 2.24) is 10.0 Å². The Bertz CT molecular complexity index is 1600. The predicted molar refractivity (Wildman–Crippen MR) is 140 cm³/mol. The number of nitrogens with zero attached hydrogens (tertiary/aromatic N) is 1. The van der Waals surface area contributed by atoms with Crippen LogP contribution in [0, 0.1) is 11.3 Å². The van der Waals surface area contributed by atoms with Crippen LogP contribution in [-0.2, 0) is 14.8 Å². The first-order valence-electron chi connectivity index (χ1n) is 12.0. The molecule has 1 aliphatic rings. The second-order valence-corrected chi connectivity index (χ2v) is 10.6.